The van der Waals surface area contributed by atoms with Crippen LogP contribution in [0.3, 0.4) is 0 Å². The lowest BCUT2D eigenvalue weighted by Gasteiger charge is -2.15. The van der Waals surface area contributed by atoms with E-state index in [1.165, 1.54) is 6.07 Å². The third-order valence-electron chi connectivity index (χ3n) is 2.53. The molecule has 0 aliphatic rings. The molecule has 0 fully saturated rings. The van der Waals surface area contributed by atoms with Crippen LogP contribution in [0.1, 0.15) is 25.8 Å². The second-order valence-electron chi connectivity index (χ2n) is 4.22. The molecule has 0 aromatic heterocycles. The van der Waals surface area contributed by atoms with Crippen molar-refractivity contribution in [3.63, 3.8) is 0 Å². The van der Waals surface area contributed by atoms with E-state index in [-0.39, 0.29) is 5.82 Å². The molecule has 0 bridgehead atoms. The smallest absolute Gasteiger partial charge is 0.127 e. The van der Waals surface area contributed by atoms with Crippen molar-refractivity contribution in [3.05, 3.63) is 34.1 Å². The van der Waals surface area contributed by atoms with Crippen molar-refractivity contribution < 1.29 is 4.39 Å². The quantitative estimate of drug-likeness (QED) is 0.757. The van der Waals surface area contributed by atoms with E-state index in [0.29, 0.717) is 18.2 Å². The maximum atomic E-state index is 13.5. The predicted octanol–water partition coefficient (Wildman–Crippen LogP) is 3.07. The Labute approximate surface area is 111 Å². The Bertz CT molecular complexity index is 344. The van der Waals surface area contributed by atoms with Gasteiger partial charge in [0.1, 0.15) is 5.82 Å². The molecule has 1 atom stereocenters. The minimum atomic E-state index is -0.158. The average molecular weight is 303 g/mol. The molecule has 2 N–H and O–H groups in total. The van der Waals surface area contributed by atoms with Crippen molar-refractivity contribution in [2.24, 2.45) is 0 Å². The standard InChI is InChI=1S/C13H20BrFN2/c1-3-6-16-8-10(2)17-9-11-7-12(14)4-5-13(11)15/h4-5,7,10,16-17H,3,6,8-9H2,1-2H3. The van der Waals surface area contributed by atoms with Gasteiger partial charge in [-0.25, -0.2) is 4.39 Å². The SMILES string of the molecule is CCCNCC(C)NCc1cc(Br)ccc1F. The molecule has 4 heteroatoms. The van der Waals surface area contributed by atoms with Crippen LogP contribution in [0.2, 0.25) is 0 Å². The molecule has 0 heterocycles. The molecule has 96 valence electrons. The van der Waals surface area contributed by atoms with Gasteiger partial charge in [-0.15, -0.1) is 0 Å². The zero-order valence-electron chi connectivity index (χ0n) is 10.4. The van der Waals surface area contributed by atoms with Crippen LogP contribution in [0.4, 0.5) is 4.39 Å². The summed E-state index contributed by atoms with van der Waals surface area (Å²) in [4.78, 5) is 0. The first-order valence-corrected chi connectivity index (χ1v) is 6.80. The van der Waals surface area contributed by atoms with E-state index in [4.69, 9.17) is 0 Å². The van der Waals surface area contributed by atoms with Gasteiger partial charge in [-0.2, -0.15) is 0 Å². The van der Waals surface area contributed by atoms with E-state index < -0.39 is 0 Å². The molecule has 0 spiro atoms. The molecule has 0 aliphatic carbocycles. The van der Waals surface area contributed by atoms with Crippen molar-refractivity contribution in [3.8, 4) is 0 Å². The van der Waals surface area contributed by atoms with E-state index in [1.54, 1.807) is 6.07 Å². The van der Waals surface area contributed by atoms with Crippen LogP contribution in [0.15, 0.2) is 22.7 Å². The van der Waals surface area contributed by atoms with Gasteiger partial charge in [0.25, 0.3) is 0 Å². The minimum Gasteiger partial charge on any atom is -0.315 e. The van der Waals surface area contributed by atoms with E-state index in [1.807, 2.05) is 6.07 Å². The van der Waals surface area contributed by atoms with Gasteiger partial charge in [0.15, 0.2) is 0 Å². The molecule has 1 aromatic rings. The summed E-state index contributed by atoms with van der Waals surface area (Å²) in [5.74, 6) is -0.158. The Morgan fingerprint density at radius 3 is 2.88 bits per heavy atom. The molecule has 2 nitrogen and oxygen atoms in total. The highest BCUT2D eigenvalue weighted by Crippen LogP contribution is 2.15. The Morgan fingerprint density at radius 1 is 1.41 bits per heavy atom. The maximum Gasteiger partial charge on any atom is 0.127 e. The van der Waals surface area contributed by atoms with Gasteiger partial charge in [0.05, 0.1) is 0 Å². The zero-order chi connectivity index (χ0) is 12.7. The Kier molecular flexibility index (Phi) is 6.70. The number of nitrogens with one attached hydrogen (secondary N) is 2. The lowest BCUT2D eigenvalue weighted by Crippen LogP contribution is -2.36. The predicted molar refractivity (Wildman–Crippen MR) is 73.6 cm³/mol. The van der Waals surface area contributed by atoms with E-state index >= 15 is 0 Å². The highest BCUT2D eigenvalue weighted by molar-refractivity contribution is 9.10. The molecule has 17 heavy (non-hydrogen) atoms. The molecule has 0 saturated carbocycles. The van der Waals surface area contributed by atoms with Crippen LogP contribution in [0.5, 0.6) is 0 Å². The van der Waals surface area contributed by atoms with Gasteiger partial charge >= 0.3 is 0 Å². The van der Waals surface area contributed by atoms with Crippen LogP contribution < -0.4 is 10.6 Å². The summed E-state index contributed by atoms with van der Waals surface area (Å²) in [6.45, 7) is 6.72. The van der Waals surface area contributed by atoms with Crippen molar-refractivity contribution in [2.75, 3.05) is 13.1 Å². The zero-order valence-corrected chi connectivity index (χ0v) is 12.0. The Morgan fingerprint density at radius 2 is 2.18 bits per heavy atom. The highest BCUT2D eigenvalue weighted by Gasteiger charge is 2.05. The number of hydrogen-bond donors (Lipinski definition) is 2. The molecule has 0 radical (unpaired) electrons. The van der Waals surface area contributed by atoms with Gasteiger partial charge in [-0.3, -0.25) is 0 Å². The number of benzene rings is 1. The lowest BCUT2D eigenvalue weighted by atomic mass is 10.2. The maximum absolute atomic E-state index is 13.5. The molecular formula is C13H20BrFN2. The van der Waals surface area contributed by atoms with Crippen molar-refractivity contribution in [1.82, 2.24) is 10.6 Å². The number of hydrogen-bond acceptors (Lipinski definition) is 2. The Balaban J connectivity index is 2.36. The third-order valence-corrected chi connectivity index (χ3v) is 3.02. The Hall–Kier alpha value is -0.450. The fourth-order valence-corrected chi connectivity index (χ4v) is 1.94. The van der Waals surface area contributed by atoms with Crippen LogP contribution in [-0.2, 0) is 6.54 Å². The van der Waals surface area contributed by atoms with Crippen LogP contribution in [0, 0.1) is 5.82 Å². The highest BCUT2D eigenvalue weighted by atomic mass is 79.9. The molecule has 0 aliphatic heterocycles. The fourth-order valence-electron chi connectivity index (χ4n) is 1.53. The first-order chi connectivity index (χ1) is 8.13. The third kappa shape index (κ3) is 5.61. The van der Waals surface area contributed by atoms with Crippen LogP contribution >= 0.6 is 15.9 Å². The van der Waals surface area contributed by atoms with E-state index in [2.05, 4.69) is 40.4 Å². The van der Waals surface area contributed by atoms with Crippen LogP contribution in [0.25, 0.3) is 0 Å². The van der Waals surface area contributed by atoms with Gasteiger partial charge in [0.2, 0.25) is 0 Å². The van der Waals surface area contributed by atoms with Gasteiger partial charge < -0.3 is 10.6 Å². The summed E-state index contributed by atoms with van der Waals surface area (Å²) < 4.78 is 14.4. The van der Waals surface area contributed by atoms with Gasteiger partial charge in [-0.1, -0.05) is 22.9 Å². The molecule has 1 aromatic carbocycles. The number of rotatable bonds is 7. The van der Waals surface area contributed by atoms with Crippen LogP contribution in [-0.4, -0.2) is 19.1 Å². The first kappa shape index (κ1) is 14.6. The summed E-state index contributed by atoms with van der Waals surface area (Å²) in [5.41, 5.74) is 0.696. The number of halogens is 2. The van der Waals surface area contributed by atoms with Crippen molar-refractivity contribution in [2.45, 2.75) is 32.9 Å². The summed E-state index contributed by atoms with van der Waals surface area (Å²) in [6, 6.07) is 5.35. The molecule has 1 unspecified atom stereocenters. The van der Waals surface area contributed by atoms with E-state index in [9.17, 15) is 4.39 Å². The largest absolute Gasteiger partial charge is 0.315 e. The van der Waals surface area contributed by atoms with E-state index in [0.717, 1.165) is 24.0 Å². The average Bonchev–Trinajstić information content (AvgIpc) is 2.31. The summed E-state index contributed by atoms with van der Waals surface area (Å²) >= 11 is 3.35. The summed E-state index contributed by atoms with van der Waals surface area (Å²) in [6.07, 6.45) is 1.13. The van der Waals surface area contributed by atoms with Crippen molar-refractivity contribution in [1.29, 1.82) is 0 Å². The minimum absolute atomic E-state index is 0.158. The van der Waals surface area contributed by atoms with Crippen molar-refractivity contribution >= 4 is 15.9 Å². The first-order valence-electron chi connectivity index (χ1n) is 6.01. The lowest BCUT2D eigenvalue weighted by molar-refractivity contribution is 0.491. The second kappa shape index (κ2) is 7.80. The fraction of sp³-hybridized carbons (Fsp3) is 0.538. The topological polar surface area (TPSA) is 24.1 Å². The molecular weight excluding hydrogens is 283 g/mol. The van der Waals surface area contributed by atoms with Gasteiger partial charge in [-0.05, 0) is 38.1 Å². The van der Waals surface area contributed by atoms with Gasteiger partial charge in [0, 0.05) is 29.2 Å². The monoisotopic (exact) mass is 302 g/mol. The summed E-state index contributed by atoms with van der Waals surface area (Å²) in [7, 11) is 0. The summed E-state index contributed by atoms with van der Waals surface area (Å²) in [5, 5.41) is 6.63. The normalized spacial score (nSPS) is 12.7. The molecule has 0 amide bonds. The molecule has 1 rings (SSSR count). The molecule has 0 saturated heterocycles. The second-order valence-corrected chi connectivity index (χ2v) is 5.14.